The molecule has 0 spiro atoms. The molecule has 0 saturated heterocycles. The summed E-state index contributed by atoms with van der Waals surface area (Å²) < 4.78 is 0. The van der Waals surface area contributed by atoms with Gasteiger partial charge in [-0.05, 0) is 30.5 Å². The molecule has 1 amide bonds. The summed E-state index contributed by atoms with van der Waals surface area (Å²) in [6.45, 7) is 7.52. The van der Waals surface area contributed by atoms with Gasteiger partial charge in [-0.2, -0.15) is 5.26 Å². The Balaban J connectivity index is 2.34. The van der Waals surface area contributed by atoms with Crippen molar-refractivity contribution in [3.63, 3.8) is 0 Å². The van der Waals surface area contributed by atoms with Gasteiger partial charge in [-0.25, -0.2) is 0 Å². The number of amides is 1. The molecule has 1 aromatic carbocycles. The van der Waals surface area contributed by atoms with Crippen LogP contribution in [0.5, 0.6) is 0 Å². The summed E-state index contributed by atoms with van der Waals surface area (Å²) in [5, 5.41) is 15.1. The van der Waals surface area contributed by atoms with Crippen molar-refractivity contribution in [3.8, 4) is 6.07 Å². The fraction of sp³-hybridized carbons (Fsp3) is 0.500. The van der Waals surface area contributed by atoms with Gasteiger partial charge in [-0.1, -0.05) is 26.0 Å². The molecule has 0 saturated carbocycles. The number of rotatable bonds is 7. The molecule has 1 aromatic rings. The molecule has 0 aliphatic heterocycles. The SMILES string of the molecule is CC(C)CNC(=O)CCNC(C)c1cccc(C#N)c1. The summed E-state index contributed by atoms with van der Waals surface area (Å²) in [6.07, 6.45) is 0.467. The minimum absolute atomic E-state index is 0.0733. The van der Waals surface area contributed by atoms with Crippen LogP contribution < -0.4 is 10.6 Å². The quantitative estimate of drug-likeness (QED) is 0.801. The normalized spacial score (nSPS) is 11.9. The van der Waals surface area contributed by atoms with Crippen LogP contribution in [0.4, 0.5) is 0 Å². The molecule has 4 heteroatoms. The summed E-state index contributed by atoms with van der Waals surface area (Å²) in [7, 11) is 0. The predicted molar refractivity (Wildman–Crippen MR) is 80.0 cm³/mol. The lowest BCUT2D eigenvalue weighted by atomic mass is 10.1. The van der Waals surface area contributed by atoms with Gasteiger partial charge in [0, 0.05) is 25.6 Å². The second-order valence-corrected chi connectivity index (χ2v) is 5.36. The van der Waals surface area contributed by atoms with E-state index >= 15 is 0 Å². The van der Waals surface area contributed by atoms with E-state index in [0.29, 0.717) is 24.4 Å². The molecular formula is C16H23N3O. The van der Waals surface area contributed by atoms with Gasteiger partial charge in [-0.3, -0.25) is 4.79 Å². The highest BCUT2D eigenvalue weighted by molar-refractivity contribution is 5.76. The number of hydrogen-bond donors (Lipinski definition) is 2. The fourth-order valence-corrected chi connectivity index (χ4v) is 1.80. The van der Waals surface area contributed by atoms with Crippen molar-refractivity contribution in [1.82, 2.24) is 10.6 Å². The fourth-order valence-electron chi connectivity index (χ4n) is 1.80. The maximum atomic E-state index is 11.6. The van der Waals surface area contributed by atoms with Gasteiger partial charge in [-0.15, -0.1) is 0 Å². The molecule has 0 fully saturated rings. The Morgan fingerprint density at radius 3 is 2.75 bits per heavy atom. The zero-order chi connectivity index (χ0) is 15.0. The van der Waals surface area contributed by atoms with Crippen molar-refractivity contribution in [3.05, 3.63) is 35.4 Å². The molecule has 1 unspecified atom stereocenters. The summed E-state index contributed by atoms with van der Waals surface area (Å²) in [4.78, 5) is 11.6. The van der Waals surface area contributed by atoms with Crippen LogP contribution in [-0.4, -0.2) is 19.0 Å². The summed E-state index contributed by atoms with van der Waals surface area (Å²) in [5.41, 5.74) is 1.72. The lowest BCUT2D eigenvalue weighted by molar-refractivity contribution is -0.121. The van der Waals surface area contributed by atoms with Crippen LogP contribution >= 0.6 is 0 Å². The van der Waals surface area contributed by atoms with Crippen LogP contribution in [0, 0.1) is 17.2 Å². The molecule has 2 N–H and O–H groups in total. The van der Waals surface area contributed by atoms with Gasteiger partial charge < -0.3 is 10.6 Å². The molecule has 0 bridgehead atoms. The standard InChI is InChI=1S/C16H23N3O/c1-12(2)11-19-16(20)7-8-18-13(3)15-6-4-5-14(9-15)10-17/h4-6,9,12-13,18H,7-8,11H2,1-3H3,(H,19,20). The highest BCUT2D eigenvalue weighted by Gasteiger charge is 2.07. The number of carbonyl (C=O) groups excluding carboxylic acids is 1. The third-order valence-electron chi connectivity index (χ3n) is 3.03. The van der Waals surface area contributed by atoms with Crippen molar-refractivity contribution in [2.45, 2.75) is 33.2 Å². The first-order valence-corrected chi connectivity index (χ1v) is 7.03. The number of carbonyl (C=O) groups is 1. The molecule has 0 heterocycles. The first kappa shape index (κ1) is 16.2. The van der Waals surface area contributed by atoms with Crippen molar-refractivity contribution >= 4 is 5.91 Å². The Kier molecular flexibility index (Phi) is 6.75. The van der Waals surface area contributed by atoms with Crippen molar-refractivity contribution in [2.24, 2.45) is 5.92 Å². The minimum Gasteiger partial charge on any atom is -0.356 e. The van der Waals surface area contributed by atoms with E-state index < -0.39 is 0 Å². The first-order chi connectivity index (χ1) is 9.52. The monoisotopic (exact) mass is 273 g/mol. The lowest BCUT2D eigenvalue weighted by Gasteiger charge is -2.14. The van der Waals surface area contributed by atoms with Crippen molar-refractivity contribution < 1.29 is 4.79 Å². The van der Waals surface area contributed by atoms with Crippen LogP contribution in [0.2, 0.25) is 0 Å². The van der Waals surface area contributed by atoms with Gasteiger partial charge in [0.05, 0.1) is 11.6 Å². The second kappa shape index (κ2) is 8.34. The molecule has 20 heavy (non-hydrogen) atoms. The van der Waals surface area contributed by atoms with Crippen LogP contribution in [0.15, 0.2) is 24.3 Å². The van der Waals surface area contributed by atoms with E-state index in [1.54, 1.807) is 6.07 Å². The Morgan fingerprint density at radius 1 is 1.35 bits per heavy atom. The highest BCUT2D eigenvalue weighted by atomic mass is 16.1. The first-order valence-electron chi connectivity index (χ1n) is 7.03. The van der Waals surface area contributed by atoms with Gasteiger partial charge >= 0.3 is 0 Å². The van der Waals surface area contributed by atoms with E-state index in [2.05, 4.69) is 30.6 Å². The minimum atomic E-state index is 0.0733. The highest BCUT2D eigenvalue weighted by Crippen LogP contribution is 2.13. The van der Waals surface area contributed by atoms with Gasteiger partial charge in [0.15, 0.2) is 0 Å². The Hall–Kier alpha value is -1.86. The zero-order valence-corrected chi connectivity index (χ0v) is 12.4. The molecule has 0 aliphatic rings. The third-order valence-corrected chi connectivity index (χ3v) is 3.03. The van der Waals surface area contributed by atoms with Gasteiger partial charge in [0.2, 0.25) is 5.91 Å². The van der Waals surface area contributed by atoms with Crippen LogP contribution in [0.25, 0.3) is 0 Å². The maximum Gasteiger partial charge on any atom is 0.221 e. The molecule has 1 atom stereocenters. The number of benzene rings is 1. The van der Waals surface area contributed by atoms with Crippen LogP contribution in [0.1, 0.15) is 44.4 Å². The summed E-state index contributed by atoms with van der Waals surface area (Å²) in [6, 6.07) is 9.78. The number of hydrogen-bond acceptors (Lipinski definition) is 3. The van der Waals surface area contributed by atoms with E-state index in [0.717, 1.165) is 12.1 Å². The van der Waals surface area contributed by atoms with Gasteiger partial charge in [0.25, 0.3) is 0 Å². The van der Waals surface area contributed by atoms with Crippen LogP contribution in [-0.2, 0) is 4.79 Å². The van der Waals surface area contributed by atoms with E-state index in [1.807, 2.05) is 25.1 Å². The molecule has 108 valence electrons. The van der Waals surface area contributed by atoms with E-state index in [-0.39, 0.29) is 11.9 Å². The molecule has 0 aliphatic carbocycles. The Morgan fingerprint density at radius 2 is 2.10 bits per heavy atom. The average molecular weight is 273 g/mol. The number of nitrogens with zero attached hydrogens (tertiary/aromatic N) is 1. The second-order valence-electron chi connectivity index (χ2n) is 5.36. The summed E-state index contributed by atoms with van der Waals surface area (Å²) in [5.74, 6) is 0.545. The molecule has 0 aromatic heterocycles. The third kappa shape index (κ3) is 5.85. The largest absolute Gasteiger partial charge is 0.356 e. The predicted octanol–water partition coefficient (Wildman–Crippen LogP) is 2.37. The topological polar surface area (TPSA) is 64.9 Å². The maximum absolute atomic E-state index is 11.6. The molecule has 0 radical (unpaired) electrons. The molecule has 4 nitrogen and oxygen atoms in total. The summed E-state index contributed by atoms with van der Waals surface area (Å²) >= 11 is 0. The van der Waals surface area contributed by atoms with Crippen molar-refractivity contribution in [1.29, 1.82) is 5.26 Å². The average Bonchev–Trinajstić information content (AvgIpc) is 2.45. The zero-order valence-electron chi connectivity index (χ0n) is 12.4. The van der Waals surface area contributed by atoms with Crippen molar-refractivity contribution in [2.75, 3.05) is 13.1 Å². The van der Waals surface area contributed by atoms with E-state index in [4.69, 9.17) is 5.26 Å². The lowest BCUT2D eigenvalue weighted by Crippen LogP contribution is -2.31. The smallest absolute Gasteiger partial charge is 0.221 e. The Labute approximate surface area is 121 Å². The van der Waals surface area contributed by atoms with E-state index in [1.165, 1.54) is 0 Å². The van der Waals surface area contributed by atoms with Gasteiger partial charge in [0.1, 0.15) is 0 Å². The van der Waals surface area contributed by atoms with E-state index in [9.17, 15) is 4.79 Å². The molecular weight excluding hydrogens is 250 g/mol. The Bertz CT molecular complexity index is 477. The number of nitriles is 1. The van der Waals surface area contributed by atoms with Crippen LogP contribution in [0.3, 0.4) is 0 Å². The number of nitrogens with one attached hydrogen (secondary N) is 2. The molecule has 1 rings (SSSR count).